The molecule has 2 aliphatic rings. The summed E-state index contributed by atoms with van der Waals surface area (Å²) in [7, 11) is 4.11. The molecule has 1 aromatic heterocycles. The molecule has 0 unspecified atom stereocenters. The summed E-state index contributed by atoms with van der Waals surface area (Å²) >= 11 is 0.905. The molecule has 1 aromatic rings. The summed E-state index contributed by atoms with van der Waals surface area (Å²) in [5.41, 5.74) is 0.635. The smallest absolute Gasteiger partial charge is 0.290 e. The standard InChI is InChI=1S/C20H31N7O2S/c1-5-26(6-2)10-9-25(4)19-21-15(13-16-18(28)23-20(29)30-16)14-17(22-19)27-11-7-24(3)8-12-27/h13-14H,5-12H2,1-4H3,(H,23,28,29)/b16-13-. The van der Waals surface area contributed by atoms with Crippen molar-refractivity contribution in [2.45, 2.75) is 13.8 Å². The van der Waals surface area contributed by atoms with Gasteiger partial charge in [-0.3, -0.25) is 14.9 Å². The molecule has 0 aromatic carbocycles. The Balaban J connectivity index is 1.87. The van der Waals surface area contributed by atoms with E-state index in [0.717, 1.165) is 69.9 Å². The largest absolute Gasteiger partial charge is 0.354 e. The fraction of sp³-hybridized carbons (Fsp3) is 0.600. The molecule has 0 aliphatic carbocycles. The molecule has 3 rings (SSSR count). The van der Waals surface area contributed by atoms with Crippen molar-refractivity contribution in [3.05, 3.63) is 16.7 Å². The summed E-state index contributed by atoms with van der Waals surface area (Å²) in [6.07, 6.45) is 1.67. The Kier molecular flexibility index (Phi) is 7.68. The number of hydrogen-bond donors (Lipinski definition) is 1. The second-order valence-electron chi connectivity index (χ2n) is 7.54. The van der Waals surface area contributed by atoms with Gasteiger partial charge in [-0.15, -0.1) is 0 Å². The van der Waals surface area contributed by atoms with E-state index in [-0.39, 0.29) is 11.1 Å². The fourth-order valence-corrected chi connectivity index (χ4v) is 4.04. The van der Waals surface area contributed by atoms with Crippen LogP contribution >= 0.6 is 11.8 Å². The Labute approximate surface area is 182 Å². The summed E-state index contributed by atoms with van der Waals surface area (Å²) in [5.74, 6) is 1.10. The van der Waals surface area contributed by atoms with Gasteiger partial charge in [0.25, 0.3) is 11.1 Å². The van der Waals surface area contributed by atoms with E-state index in [0.29, 0.717) is 16.5 Å². The van der Waals surface area contributed by atoms with Crippen molar-refractivity contribution in [1.82, 2.24) is 25.1 Å². The lowest BCUT2D eigenvalue weighted by Crippen LogP contribution is -2.45. The predicted molar refractivity (Wildman–Crippen MR) is 122 cm³/mol. The summed E-state index contributed by atoms with van der Waals surface area (Å²) in [6.45, 7) is 11.8. The van der Waals surface area contributed by atoms with E-state index in [1.165, 1.54) is 0 Å². The molecule has 9 nitrogen and oxygen atoms in total. The van der Waals surface area contributed by atoms with E-state index >= 15 is 0 Å². The van der Waals surface area contributed by atoms with Gasteiger partial charge in [0.2, 0.25) is 5.95 Å². The zero-order valence-corrected chi connectivity index (χ0v) is 19.0. The van der Waals surface area contributed by atoms with E-state index in [9.17, 15) is 9.59 Å². The number of anilines is 2. The summed E-state index contributed by atoms with van der Waals surface area (Å²) < 4.78 is 0. The normalized spacial score (nSPS) is 19.1. The van der Waals surface area contributed by atoms with Crippen LogP contribution in [0.4, 0.5) is 16.6 Å². The number of aromatic nitrogens is 2. The van der Waals surface area contributed by atoms with Crippen LogP contribution in [0.5, 0.6) is 0 Å². The molecule has 0 bridgehead atoms. The molecule has 2 fully saturated rings. The van der Waals surface area contributed by atoms with Crippen LogP contribution in [0.3, 0.4) is 0 Å². The predicted octanol–water partition coefficient (Wildman–Crippen LogP) is 1.33. The van der Waals surface area contributed by atoms with E-state index in [1.54, 1.807) is 6.08 Å². The fourth-order valence-electron chi connectivity index (χ4n) is 3.37. The highest BCUT2D eigenvalue weighted by molar-refractivity contribution is 8.18. The van der Waals surface area contributed by atoms with Gasteiger partial charge in [0.15, 0.2) is 0 Å². The minimum absolute atomic E-state index is 0.351. The van der Waals surface area contributed by atoms with E-state index in [4.69, 9.17) is 4.98 Å². The Morgan fingerprint density at radius 3 is 2.43 bits per heavy atom. The first-order valence-corrected chi connectivity index (χ1v) is 11.2. The van der Waals surface area contributed by atoms with Crippen LogP contribution in [0.2, 0.25) is 0 Å². The number of nitrogens with zero attached hydrogens (tertiary/aromatic N) is 6. The molecule has 0 spiro atoms. The number of rotatable bonds is 8. The van der Waals surface area contributed by atoms with Crippen LogP contribution in [0, 0.1) is 0 Å². The van der Waals surface area contributed by atoms with Crippen molar-refractivity contribution in [1.29, 1.82) is 0 Å². The maximum absolute atomic E-state index is 12.0. The molecule has 10 heteroatoms. The molecule has 2 aliphatic heterocycles. The Morgan fingerprint density at radius 1 is 1.13 bits per heavy atom. The molecule has 164 valence electrons. The first-order chi connectivity index (χ1) is 14.4. The monoisotopic (exact) mass is 433 g/mol. The third-order valence-corrected chi connectivity index (χ3v) is 6.27. The number of nitrogens with one attached hydrogen (secondary N) is 1. The van der Waals surface area contributed by atoms with Crippen molar-refractivity contribution < 1.29 is 9.59 Å². The molecular weight excluding hydrogens is 402 g/mol. The molecule has 0 atom stereocenters. The topological polar surface area (TPSA) is 84.9 Å². The molecule has 1 N–H and O–H groups in total. The van der Waals surface area contributed by atoms with Crippen molar-refractivity contribution in [2.75, 3.05) is 76.3 Å². The lowest BCUT2D eigenvalue weighted by molar-refractivity contribution is -0.115. The molecular formula is C20H31N7O2S. The lowest BCUT2D eigenvalue weighted by atomic mass is 10.3. The van der Waals surface area contributed by atoms with Gasteiger partial charge in [0.1, 0.15) is 5.82 Å². The summed E-state index contributed by atoms with van der Waals surface area (Å²) in [5, 5.41) is 1.94. The van der Waals surface area contributed by atoms with Crippen LogP contribution in [-0.4, -0.2) is 97.4 Å². The number of thioether (sulfide) groups is 1. The maximum Gasteiger partial charge on any atom is 0.290 e. The second-order valence-corrected chi connectivity index (χ2v) is 8.56. The van der Waals surface area contributed by atoms with Gasteiger partial charge in [-0.1, -0.05) is 13.8 Å². The van der Waals surface area contributed by atoms with Gasteiger partial charge in [0.05, 0.1) is 10.6 Å². The van der Waals surface area contributed by atoms with Crippen molar-refractivity contribution in [3.8, 4) is 0 Å². The van der Waals surface area contributed by atoms with Gasteiger partial charge in [-0.2, -0.15) is 4.98 Å². The van der Waals surface area contributed by atoms with E-state index < -0.39 is 0 Å². The number of hydrogen-bond acceptors (Lipinski definition) is 9. The number of carbonyl (C=O) groups is 2. The maximum atomic E-state index is 12.0. The van der Waals surface area contributed by atoms with Crippen LogP contribution in [0.25, 0.3) is 6.08 Å². The quantitative estimate of drug-likeness (QED) is 0.610. The molecule has 0 saturated carbocycles. The highest BCUT2D eigenvalue weighted by atomic mass is 32.2. The van der Waals surface area contributed by atoms with Gasteiger partial charge >= 0.3 is 0 Å². The van der Waals surface area contributed by atoms with Gasteiger partial charge in [-0.05, 0) is 38.0 Å². The van der Waals surface area contributed by atoms with Gasteiger partial charge < -0.3 is 19.6 Å². The lowest BCUT2D eigenvalue weighted by Gasteiger charge is -2.33. The number of amides is 2. The number of imide groups is 1. The van der Waals surface area contributed by atoms with E-state index in [1.807, 2.05) is 18.0 Å². The minimum atomic E-state index is -0.374. The highest BCUT2D eigenvalue weighted by Gasteiger charge is 2.26. The Bertz CT molecular complexity index is 804. The van der Waals surface area contributed by atoms with Gasteiger partial charge in [0, 0.05) is 52.4 Å². The van der Waals surface area contributed by atoms with Crippen LogP contribution < -0.4 is 15.1 Å². The van der Waals surface area contributed by atoms with Crippen molar-refractivity contribution >= 4 is 40.8 Å². The SMILES string of the molecule is CCN(CC)CCN(C)c1nc(/C=C2\SC(=O)NC2=O)cc(N2CCN(C)CC2)n1. The van der Waals surface area contributed by atoms with Crippen LogP contribution in [0.15, 0.2) is 11.0 Å². The second kappa shape index (κ2) is 10.2. The van der Waals surface area contributed by atoms with Crippen LogP contribution in [-0.2, 0) is 4.79 Å². The summed E-state index contributed by atoms with van der Waals surface area (Å²) in [6, 6.07) is 1.90. The van der Waals surface area contributed by atoms with Crippen molar-refractivity contribution in [3.63, 3.8) is 0 Å². The number of likely N-dealkylation sites (N-methyl/N-ethyl adjacent to an activating group) is 3. The molecule has 2 amide bonds. The average molecular weight is 434 g/mol. The Hall–Kier alpha value is -2.17. The minimum Gasteiger partial charge on any atom is -0.354 e. The first kappa shape index (κ1) is 22.5. The third kappa shape index (κ3) is 5.71. The van der Waals surface area contributed by atoms with Gasteiger partial charge in [-0.25, -0.2) is 4.98 Å². The molecule has 30 heavy (non-hydrogen) atoms. The van der Waals surface area contributed by atoms with E-state index in [2.05, 4.69) is 45.9 Å². The number of piperazine rings is 1. The number of carbonyl (C=O) groups excluding carboxylic acids is 2. The first-order valence-electron chi connectivity index (χ1n) is 10.4. The molecule has 0 radical (unpaired) electrons. The zero-order valence-electron chi connectivity index (χ0n) is 18.2. The molecule has 3 heterocycles. The third-order valence-electron chi connectivity index (χ3n) is 5.46. The van der Waals surface area contributed by atoms with Crippen molar-refractivity contribution in [2.24, 2.45) is 0 Å². The molecule has 2 saturated heterocycles. The summed E-state index contributed by atoms with van der Waals surface area (Å²) in [4.78, 5) is 42.3. The average Bonchev–Trinajstić information content (AvgIpc) is 3.05. The Morgan fingerprint density at radius 2 is 1.83 bits per heavy atom. The zero-order chi connectivity index (χ0) is 21.7. The highest BCUT2D eigenvalue weighted by Crippen LogP contribution is 2.27. The van der Waals surface area contributed by atoms with Crippen LogP contribution in [0.1, 0.15) is 19.5 Å².